The van der Waals surface area contributed by atoms with Crippen LogP contribution in [0, 0.1) is 5.92 Å². The number of nitrogens with zero attached hydrogens (tertiary/aromatic N) is 2. The number of nitrogens with two attached hydrogens (primary N) is 1. The maximum Gasteiger partial charge on any atom is 0.128 e. The molecule has 4 nitrogen and oxygen atoms in total. The molecule has 2 heterocycles. The monoisotopic (exact) mass is 235 g/mol. The van der Waals surface area contributed by atoms with Gasteiger partial charge in [-0.15, -0.1) is 0 Å². The van der Waals surface area contributed by atoms with Crippen LogP contribution >= 0.6 is 0 Å². The van der Waals surface area contributed by atoms with Crippen molar-refractivity contribution in [2.45, 2.75) is 19.4 Å². The highest BCUT2D eigenvalue weighted by Crippen LogP contribution is 2.17. The quantitative estimate of drug-likeness (QED) is 0.857. The molecule has 17 heavy (non-hydrogen) atoms. The number of hydrogen-bond acceptors (Lipinski definition) is 4. The first-order valence-corrected chi connectivity index (χ1v) is 6.23. The van der Waals surface area contributed by atoms with E-state index in [4.69, 9.17) is 10.5 Å². The van der Waals surface area contributed by atoms with E-state index in [2.05, 4.69) is 16.9 Å². The molecule has 1 unspecified atom stereocenters. The summed E-state index contributed by atoms with van der Waals surface area (Å²) in [6.07, 6.45) is 4.28. The fraction of sp³-hybridized carbons (Fsp3) is 0.615. The van der Waals surface area contributed by atoms with Crippen LogP contribution < -0.4 is 10.6 Å². The van der Waals surface area contributed by atoms with Gasteiger partial charge in [0.2, 0.25) is 0 Å². The maximum atomic E-state index is 5.56. The van der Waals surface area contributed by atoms with Crippen LogP contribution in [0.15, 0.2) is 18.3 Å². The lowest BCUT2D eigenvalue weighted by molar-refractivity contribution is 0.0576. The van der Waals surface area contributed by atoms with Crippen molar-refractivity contribution in [3.63, 3.8) is 0 Å². The van der Waals surface area contributed by atoms with Crippen molar-refractivity contribution in [2.75, 3.05) is 31.7 Å². The van der Waals surface area contributed by atoms with Crippen LogP contribution in [0.25, 0.3) is 0 Å². The highest BCUT2D eigenvalue weighted by molar-refractivity contribution is 5.38. The van der Waals surface area contributed by atoms with E-state index in [9.17, 15) is 0 Å². The fourth-order valence-electron chi connectivity index (χ4n) is 2.20. The van der Waals surface area contributed by atoms with Crippen LogP contribution in [0.2, 0.25) is 0 Å². The van der Waals surface area contributed by atoms with E-state index in [0.717, 1.165) is 31.1 Å². The average molecular weight is 235 g/mol. The van der Waals surface area contributed by atoms with E-state index in [1.165, 1.54) is 12.8 Å². The summed E-state index contributed by atoms with van der Waals surface area (Å²) in [6, 6.07) is 4.07. The number of aromatic nitrogens is 1. The minimum absolute atomic E-state index is 0.549. The first kappa shape index (κ1) is 12.3. The van der Waals surface area contributed by atoms with Crippen LogP contribution in [-0.2, 0) is 11.3 Å². The average Bonchev–Trinajstić information content (AvgIpc) is 2.40. The third-order valence-electron chi connectivity index (χ3n) is 3.22. The Labute approximate surface area is 103 Å². The van der Waals surface area contributed by atoms with Gasteiger partial charge in [-0.2, -0.15) is 0 Å². The molecule has 94 valence electrons. The minimum atomic E-state index is 0.549. The van der Waals surface area contributed by atoms with Crippen molar-refractivity contribution >= 4 is 5.82 Å². The Morgan fingerprint density at radius 3 is 3.00 bits per heavy atom. The number of hydrogen-bond donors (Lipinski definition) is 1. The van der Waals surface area contributed by atoms with Crippen molar-refractivity contribution in [1.82, 2.24) is 4.98 Å². The van der Waals surface area contributed by atoms with Crippen LogP contribution in [-0.4, -0.2) is 31.8 Å². The Morgan fingerprint density at radius 2 is 2.41 bits per heavy atom. The second-order valence-corrected chi connectivity index (χ2v) is 4.69. The van der Waals surface area contributed by atoms with E-state index >= 15 is 0 Å². The van der Waals surface area contributed by atoms with Crippen LogP contribution in [0.1, 0.15) is 18.4 Å². The summed E-state index contributed by atoms with van der Waals surface area (Å²) in [5.74, 6) is 1.64. The highest BCUT2D eigenvalue weighted by Gasteiger charge is 2.16. The maximum absolute atomic E-state index is 5.56. The van der Waals surface area contributed by atoms with Crippen molar-refractivity contribution in [1.29, 1.82) is 0 Å². The molecule has 0 aromatic carbocycles. The molecule has 0 bridgehead atoms. The fourth-order valence-corrected chi connectivity index (χ4v) is 2.20. The molecule has 1 aliphatic rings. The second kappa shape index (κ2) is 5.98. The Balaban J connectivity index is 1.91. The number of anilines is 1. The normalized spacial score (nSPS) is 20.2. The Hall–Kier alpha value is -1.13. The highest BCUT2D eigenvalue weighted by atomic mass is 16.5. The largest absolute Gasteiger partial charge is 0.381 e. The first-order chi connectivity index (χ1) is 8.29. The summed E-state index contributed by atoms with van der Waals surface area (Å²) in [5.41, 5.74) is 6.63. The first-order valence-electron chi connectivity index (χ1n) is 6.23. The standard InChI is InChI=1S/C13H21N3O/c1-16(9-12-3-2-6-17-10-12)13-5-4-11(7-14)8-15-13/h4-5,8,12H,2-3,6-7,9-10,14H2,1H3. The SMILES string of the molecule is CN(CC1CCCOC1)c1ccc(CN)cn1. The van der Waals surface area contributed by atoms with Gasteiger partial charge in [0.1, 0.15) is 5.82 Å². The van der Waals surface area contributed by atoms with E-state index < -0.39 is 0 Å². The Bertz CT molecular complexity index is 333. The smallest absolute Gasteiger partial charge is 0.128 e. The molecule has 0 saturated carbocycles. The zero-order valence-electron chi connectivity index (χ0n) is 10.4. The van der Waals surface area contributed by atoms with Crippen molar-refractivity contribution in [3.8, 4) is 0 Å². The zero-order valence-corrected chi connectivity index (χ0v) is 10.4. The van der Waals surface area contributed by atoms with Gasteiger partial charge in [0, 0.05) is 32.9 Å². The summed E-state index contributed by atoms with van der Waals surface area (Å²) in [6.45, 7) is 3.36. The molecule has 2 N–H and O–H groups in total. The summed E-state index contributed by atoms with van der Waals surface area (Å²) in [5, 5.41) is 0. The minimum Gasteiger partial charge on any atom is -0.381 e. The van der Waals surface area contributed by atoms with Crippen LogP contribution in [0.5, 0.6) is 0 Å². The molecule has 4 heteroatoms. The van der Waals surface area contributed by atoms with Gasteiger partial charge in [-0.05, 0) is 30.4 Å². The summed E-state index contributed by atoms with van der Waals surface area (Å²) in [7, 11) is 2.08. The van der Waals surface area contributed by atoms with Gasteiger partial charge < -0.3 is 15.4 Å². The molecule has 0 amide bonds. The van der Waals surface area contributed by atoms with Gasteiger partial charge in [0.15, 0.2) is 0 Å². The lowest BCUT2D eigenvalue weighted by atomic mass is 10.0. The molecule has 1 saturated heterocycles. The zero-order chi connectivity index (χ0) is 12.1. The van der Waals surface area contributed by atoms with Gasteiger partial charge in [-0.25, -0.2) is 4.98 Å². The molecule has 1 aromatic heterocycles. The van der Waals surface area contributed by atoms with Gasteiger partial charge in [-0.1, -0.05) is 6.07 Å². The van der Waals surface area contributed by atoms with Crippen LogP contribution in [0.3, 0.4) is 0 Å². The van der Waals surface area contributed by atoms with Gasteiger partial charge in [0.05, 0.1) is 6.61 Å². The molecule has 2 rings (SSSR count). The van der Waals surface area contributed by atoms with Crippen LogP contribution in [0.4, 0.5) is 5.82 Å². The van der Waals surface area contributed by atoms with Crippen molar-refractivity contribution in [3.05, 3.63) is 23.9 Å². The number of pyridine rings is 1. The summed E-state index contributed by atoms with van der Waals surface area (Å²) < 4.78 is 5.49. The Kier molecular flexibility index (Phi) is 4.34. The molecule has 0 radical (unpaired) electrons. The molecule has 1 fully saturated rings. The molecule has 1 aliphatic heterocycles. The van der Waals surface area contributed by atoms with E-state index in [0.29, 0.717) is 12.5 Å². The van der Waals surface area contributed by atoms with E-state index in [1.54, 1.807) is 0 Å². The molecule has 1 aromatic rings. The van der Waals surface area contributed by atoms with Crippen molar-refractivity contribution in [2.24, 2.45) is 11.7 Å². The Morgan fingerprint density at radius 1 is 1.53 bits per heavy atom. The lowest BCUT2D eigenvalue weighted by Gasteiger charge is -2.27. The predicted octanol–water partition coefficient (Wildman–Crippen LogP) is 1.40. The lowest BCUT2D eigenvalue weighted by Crippen LogP contribution is -2.31. The van der Waals surface area contributed by atoms with Gasteiger partial charge >= 0.3 is 0 Å². The number of ether oxygens (including phenoxy) is 1. The molecular formula is C13H21N3O. The van der Waals surface area contributed by atoms with Crippen molar-refractivity contribution < 1.29 is 4.74 Å². The van der Waals surface area contributed by atoms with E-state index in [-0.39, 0.29) is 0 Å². The topological polar surface area (TPSA) is 51.4 Å². The van der Waals surface area contributed by atoms with E-state index in [1.807, 2.05) is 18.3 Å². The molecule has 1 atom stereocenters. The van der Waals surface area contributed by atoms with Gasteiger partial charge in [-0.3, -0.25) is 0 Å². The molecule has 0 spiro atoms. The van der Waals surface area contributed by atoms with Gasteiger partial charge in [0.25, 0.3) is 0 Å². The molecule has 0 aliphatic carbocycles. The predicted molar refractivity (Wildman–Crippen MR) is 68.9 cm³/mol. The molecular weight excluding hydrogens is 214 g/mol. The third kappa shape index (κ3) is 3.41. The summed E-state index contributed by atoms with van der Waals surface area (Å²) >= 11 is 0. The third-order valence-corrected chi connectivity index (χ3v) is 3.22. The number of rotatable bonds is 4. The summed E-state index contributed by atoms with van der Waals surface area (Å²) in [4.78, 5) is 6.61. The second-order valence-electron chi connectivity index (χ2n) is 4.69.